The van der Waals surface area contributed by atoms with E-state index in [1.807, 2.05) is 18.2 Å². The van der Waals surface area contributed by atoms with Crippen LogP contribution in [0, 0.1) is 0 Å². The van der Waals surface area contributed by atoms with Crippen LogP contribution in [-0.2, 0) is 0 Å². The SMILES string of the molecule is COc1ccccc1N1CCN(c2cc(C(N)=O)ccn2)[C@@H](C)C1. The highest BCUT2D eigenvalue weighted by Crippen LogP contribution is 2.30. The maximum atomic E-state index is 11.4. The minimum absolute atomic E-state index is 0.249. The average Bonchev–Trinajstić information content (AvgIpc) is 2.61. The van der Waals surface area contributed by atoms with Gasteiger partial charge in [-0.25, -0.2) is 4.98 Å². The van der Waals surface area contributed by atoms with Crippen molar-refractivity contribution in [3.8, 4) is 5.75 Å². The van der Waals surface area contributed by atoms with Gasteiger partial charge in [0.15, 0.2) is 0 Å². The molecule has 1 fully saturated rings. The summed E-state index contributed by atoms with van der Waals surface area (Å²) in [5.41, 5.74) is 6.96. The third-order valence-electron chi connectivity index (χ3n) is 4.38. The van der Waals surface area contributed by atoms with Crippen LogP contribution in [0.2, 0.25) is 0 Å². The highest BCUT2D eigenvalue weighted by Gasteiger charge is 2.26. The molecular weight excluding hydrogens is 304 g/mol. The van der Waals surface area contributed by atoms with Crippen LogP contribution in [0.3, 0.4) is 0 Å². The summed E-state index contributed by atoms with van der Waals surface area (Å²) >= 11 is 0. The molecule has 6 heteroatoms. The number of hydrogen-bond donors (Lipinski definition) is 1. The van der Waals surface area contributed by atoms with Crippen molar-refractivity contribution in [3.63, 3.8) is 0 Å². The van der Waals surface area contributed by atoms with Gasteiger partial charge in [0.1, 0.15) is 11.6 Å². The Morgan fingerprint density at radius 3 is 2.79 bits per heavy atom. The number of nitrogens with two attached hydrogens (primary N) is 1. The number of amides is 1. The molecule has 1 aromatic carbocycles. The van der Waals surface area contributed by atoms with Crippen molar-refractivity contribution in [1.82, 2.24) is 4.98 Å². The van der Waals surface area contributed by atoms with Gasteiger partial charge < -0.3 is 20.3 Å². The Morgan fingerprint density at radius 2 is 2.08 bits per heavy atom. The van der Waals surface area contributed by atoms with Crippen molar-refractivity contribution in [2.45, 2.75) is 13.0 Å². The quantitative estimate of drug-likeness (QED) is 0.929. The number of piperazine rings is 1. The van der Waals surface area contributed by atoms with Gasteiger partial charge in [-0.15, -0.1) is 0 Å². The molecular formula is C18H22N4O2. The van der Waals surface area contributed by atoms with Gasteiger partial charge in [0.05, 0.1) is 12.8 Å². The fraction of sp³-hybridized carbons (Fsp3) is 0.333. The summed E-state index contributed by atoms with van der Waals surface area (Å²) < 4.78 is 5.47. The zero-order chi connectivity index (χ0) is 17.1. The molecule has 0 aliphatic carbocycles. The average molecular weight is 326 g/mol. The molecule has 1 saturated heterocycles. The van der Waals surface area contributed by atoms with E-state index in [4.69, 9.17) is 10.5 Å². The summed E-state index contributed by atoms with van der Waals surface area (Å²) in [6.45, 7) is 4.67. The lowest BCUT2D eigenvalue weighted by Crippen LogP contribution is -2.52. The molecule has 3 rings (SSSR count). The van der Waals surface area contributed by atoms with Gasteiger partial charge in [0.2, 0.25) is 5.91 Å². The normalized spacial score (nSPS) is 17.7. The number of ether oxygens (including phenoxy) is 1. The number of anilines is 2. The second-order valence-corrected chi connectivity index (χ2v) is 5.93. The summed E-state index contributed by atoms with van der Waals surface area (Å²) in [6, 6.07) is 11.7. The zero-order valence-corrected chi connectivity index (χ0v) is 14.0. The lowest BCUT2D eigenvalue weighted by atomic mass is 10.1. The molecule has 2 heterocycles. The number of aromatic nitrogens is 1. The van der Waals surface area contributed by atoms with Crippen molar-refractivity contribution >= 4 is 17.4 Å². The number of rotatable bonds is 4. The van der Waals surface area contributed by atoms with Crippen LogP contribution in [-0.4, -0.2) is 43.7 Å². The van der Waals surface area contributed by atoms with Crippen LogP contribution in [0.25, 0.3) is 0 Å². The minimum Gasteiger partial charge on any atom is -0.495 e. The van der Waals surface area contributed by atoms with Crippen LogP contribution in [0.1, 0.15) is 17.3 Å². The molecule has 2 aromatic rings. The van der Waals surface area contributed by atoms with E-state index in [-0.39, 0.29) is 6.04 Å². The molecule has 6 nitrogen and oxygen atoms in total. The number of para-hydroxylation sites is 2. The highest BCUT2D eigenvalue weighted by molar-refractivity contribution is 5.93. The first-order chi connectivity index (χ1) is 11.6. The molecule has 1 aliphatic heterocycles. The standard InChI is InChI=1S/C18H22N4O2/c1-13-12-21(15-5-3-4-6-16(15)24-2)9-10-22(13)17-11-14(18(19)23)7-8-20-17/h3-8,11,13H,9-10,12H2,1-2H3,(H2,19,23)/t13-/m0/s1. The predicted molar refractivity (Wildman–Crippen MR) is 94.8 cm³/mol. The highest BCUT2D eigenvalue weighted by atomic mass is 16.5. The zero-order valence-electron chi connectivity index (χ0n) is 14.0. The van der Waals surface area contributed by atoms with Crippen LogP contribution in [0.15, 0.2) is 42.6 Å². The van der Waals surface area contributed by atoms with Gasteiger partial charge in [-0.1, -0.05) is 12.1 Å². The molecule has 1 aromatic heterocycles. The number of hydrogen-bond acceptors (Lipinski definition) is 5. The summed E-state index contributed by atoms with van der Waals surface area (Å²) in [5, 5.41) is 0. The molecule has 0 bridgehead atoms. The Bertz CT molecular complexity index is 734. The van der Waals surface area contributed by atoms with E-state index in [2.05, 4.69) is 27.8 Å². The summed E-state index contributed by atoms with van der Waals surface area (Å²) in [7, 11) is 1.69. The van der Waals surface area contributed by atoms with E-state index in [1.54, 1.807) is 25.4 Å². The van der Waals surface area contributed by atoms with Crippen molar-refractivity contribution in [2.75, 3.05) is 36.5 Å². The minimum atomic E-state index is -0.432. The number of benzene rings is 1. The van der Waals surface area contributed by atoms with Gasteiger partial charge in [-0.2, -0.15) is 0 Å². The molecule has 0 spiro atoms. The predicted octanol–water partition coefficient (Wildman–Crippen LogP) is 1.90. The van der Waals surface area contributed by atoms with E-state index in [0.717, 1.165) is 36.9 Å². The monoisotopic (exact) mass is 326 g/mol. The van der Waals surface area contributed by atoms with Gasteiger partial charge in [-0.3, -0.25) is 4.79 Å². The fourth-order valence-electron chi connectivity index (χ4n) is 3.14. The largest absolute Gasteiger partial charge is 0.495 e. The van der Waals surface area contributed by atoms with Gasteiger partial charge in [-0.05, 0) is 31.2 Å². The Kier molecular flexibility index (Phi) is 4.55. The Labute approximate surface area is 141 Å². The first kappa shape index (κ1) is 16.1. The van der Waals surface area contributed by atoms with Crippen molar-refractivity contribution in [3.05, 3.63) is 48.2 Å². The number of carbonyl (C=O) groups is 1. The van der Waals surface area contributed by atoms with Crippen LogP contribution < -0.4 is 20.3 Å². The molecule has 1 atom stereocenters. The van der Waals surface area contributed by atoms with E-state index in [9.17, 15) is 4.79 Å². The molecule has 2 N–H and O–H groups in total. The summed E-state index contributed by atoms with van der Waals surface area (Å²) in [4.78, 5) is 20.3. The van der Waals surface area contributed by atoms with Gasteiger partial charge in [0.25, 0.3) is 0 Å². The molecule has 1 amide bonds. The molecule has 126 valence electrons. The van der Waals surface area contributed by atoms with E-state index in [0.29, 0.717) is 5.56 Å². The van der Waals surface area contributed by atoms with Crippen molar-refractivity contribution in [1.29, 1.82) is 0 Å². The summed E-state index contributed by atoms with van der Waals surface area (Å²) in [5.74, 6) is 1.24. The second-order valence-electron chi connectivity index (χ2n) is 5.93. The lowest BCUT2D eigenvalue weighted by molar-refractivity contribution is 0.1000. The molecule has 0 unspecified atom stereocenters. The van der Waals surface area contributed by atoms with Crippen LogP contribution >= 0.6 is 0 Å². The molecule has 1 aliphatic rings. The van der Waals surface area contributed by atoms with Crippen LogP contribution in [0.5, 0.6) is 5.75 Å². The second kappa shape index (κ2) is 6.78. The lowest BCUT2D eigenvalue weighted by Gasteiger charge is -2.42. The van der Waals surface area contributed by atoms with Crippen molar-refractivity contribution < 1.29 is 9.53 Å². The topological polar surface area (TPSA) is 71.7 Å². The number of nitrogens with zero attached hydrogens (tertiary/aromatic N) is 3. The third kappa shape index (κ3) is 3.13. The Balaban J connectivity index is 1.78. The van der Waals surface area contributed by atoms with Gasteiger partial charge >= 0.3 is 0 Å². The number of primary amides is 1. The maximum absolute atomic E-state index is 11.4. The van der Waals surface area contributed by atoms with E-state index >= 15 is 0 Å². The third-order valence-corrected chi connectivity index (χ3v) is 4.38. The number of carbonyl (C=O) groups excluding carboxylic acids is 1. The van der Waals surface area contributed by atoms with E-state index in [1.165, 1.54) is 0 Å². The number of pyridine rings is 1. The number of methoxy groups -OCH3 is 1. The van der Waals surface area contributed by atoms with Crippen LogP contribution in [0.4, 0.5) is 11.5 Å². The Hall–Kier alpha value is -2.76. The fourth-order valence-corrected chi connectivity index (χ4v) is 3.14. The molecule has 0 saturated carbocycles. The first-order valence-corrected chi connectivity index (χ1v) is 8.00. The molecule has 0 radical (unpaired) electrons. The molecule has 24 heavy (non-hydrogen) atoms. The van der Waals surface area contributed by atoms with E-state index < -0.39 is 5.91 Å². The smallest absolute Gasteiger partial charge is 0.248 e. The summed E-state index contributed by atoms with van der Waals surface area (Å²) in [6.07, 6.45) is 1.63. The maximum Gasteiger partial charge on any atom is 0.248 e. The van der Waals surface area contributed by atoms with Crippen molar-refractivity contribution in [2.24, 2.45) is 5.73 Å². The van der Waals surface area contributed by atoms with Gasteiger partial charge in [0, 0.05) is 37.4 Å². The Morgan fingerprint density at radius 1 is 1.29 bits per heavy atom. The first-order valence-electron chi connectivity index (χ1n) is 8.00.